The minimum Gasteiger partial charge on any atom is -0.504 e. The van der Waals surface area contributed by atoms with Crippen molar-refractivity contribution in [2.75, 3.05) is 13.7 Å². The molecule has 0 fully saturated rings. The molecule has 134 valence electrons. The first-order chi connectivity index (χ1) is 11.9. The van der Waals surface area contributed by atoms with E-state index in [0.29, 0.717) is 12.3 Å². The van der Waals surface area contributed by atoms with Gasteiger partial charge in [0, 0.05) is 6.54 Å². The summed E-state index contributed by atoms with van der Waals surface area (Å²) in [4.78, 5) is 12.3. The van der Waals surface area contributed by atoms with Gasteiger partial charge in [-0.3, -0.25) is 4.79 Å². The monoisotopic (exact) mass is 341 g/mol. The van der Waals surface area contributed by atoms with E-state index in [9.17, 15) is 9.90 Å². The number of benzene rings is 2. The van der Waals surface area contributed by atoms with Crippen molar-refractivity contribution >= 4 is 5.91 Å². The van der Waals surface area contributed by atoms with E-state index in [1.165, 1.54) is 23.8 Å². The van der Waals surface area contributed by atoms with Gasteiger partial charge >= 0.3 is 0 Å². The topological polar surface area (TPSA) is 58.6 Å². The summed E-state index contributed by atoms with van der Waals surface area (Å²) in [5.41, 5.74) is 4.72. The van der Waals surface area contributed by atoms with Gasteiger partial charge in [-0.15, -0.1) is 0 Å². The van der Waals surface area contributed by atoms with Gasteiger partial charge < -0.3 is 15.2 Å². The molecular weight excluding hydrogens is 314 g/mol. The standard InChI is InChI=1S/C21H27NO3/c1-14-7-8-17(12-15(14)2)6-5-11-22-21(24)16(3)18-9-10-19(23)20(13-18)25-4/h7-10,12-13,16,23H,5-6,11H2,1-4H3,(H,22,24). The van der Waals surface area contributed by atoms with Gasteiger partial charge in [0.25, 0.3) is 0 Å². The van der Waals surface area contributed by atoms with Crippen LogP contribution in [-0.2, 0) is 11.2 Å². The molecule has 1 amide bonds. The summed E-state index contributed by atoms with van der Waals surface area (Å²) in [6, 6.07) is 11.5. The fourth-order valence-corrected chi connectivity index (χ4v) is 2.73. The minimum absolute atomic E-state index is 0.0205. The van der Waals surface area contributed by atoms with Crippen LogP contribution in [0.2, 0.25) is 0 Å². The maximum absolute atomic E-state index is 12.3. The lowest BCUT2D eigenvalue weighted by Gasteiger charge is -2.14. The second kappa shape index (κ2) is 8.56. The van der Waals surface area contributed by atoms with E-state index < -0.39 is 0 Å². The summed E-state index contributed by atoms with van der Waals surface area (Å²) in [5.74, 6) is 0.142. The average molecular weight is 341 g/mol. The maximum atomic E-state index is 12.3. The van der Waals surface area contributed by atoms with Gasteiger partial charge in [-0.25, -0.2) is 0 Å². The fraction of sp³-hybridized carbons (Fsp3) is 0.381. The molecule has 2 N–H and O–H groups in total. The molecule has 0 saturated heterocycles. The summed E-state index contributed by atoms with van der Waals surface area (Å²) in [5, 5.41) is 12.6. The van der Waals surface area contributed by atoms with E-state index >= 15 is 0 Å². The molecule has 0 radical (unpaired) electrons. The number of nitrogens with one attached hydrogen (secondary N) is 1. The van der Waals surface area contributed by atoms with Gasteiger partial charge in [-0.2, -0.15) is 0 Å². The highest BCUT2D eigenvalue weighted by Crippen LogP contribution is 2.29. The second-order valence-electron chi connectivity index (χ2n) is 6.47. The van der Waals surface area contributed by atoms with Gasteiger partial charge in [0.1, 0.15) is 0 Å². The molecule has 1 atom stereocenters. The van der Waals surface area contributed by atoms with E-state index in [2.05, 4.69) is 37.4 Å². The highest BCUT2D eigenvalue weighted by Gasteiger charge is 2.16. The molecule has 2 aromatic carbocycles. The van der Waals surface area contributed by atoms with Crippen LogP contribution in [0.15, 0.2) is 36.4 Å². The Hall–Kier alpha value is -2.49. The predicted octanol–water partition coefficient (Wildman–Crippen LogP) is 3.87. The van der Waals surface area contributed by atoms with Crippen molar-refractivity contribution in [1.82, 2.24) is 5.32 Å². The molecule has 0 bridgehead atoms. The number of carbonyl (C=O) groups is 1. The lowest BCUT2D eigenvalue weighted by molar-refractivity contribution is -0.122. The van der Waals surface area contributed by atoms with Crippen LogP contribution < -0.4 is 10.1 Å². The van der Waals surface area contributed by atoms with Crippen molar-refractivity contribution in [1.29, 1.82) is 0 Å². The molecule has 0 aliphatic heterocycles. The highest BCUT2D eigenvalue weighted by molar-refractivity contribution is 5.83. The fourth-order valence-electron chi connectivity index (χ4n) is 2.73. The van der Waals surface area contributed by atoms with Crippen LogP contribution in [0.25, 0.3) is 0 Å². The van der Waals surface area contributed by atoms with Crippen molar-refractivity contribution in [3.05, 3.63) is 58.7 Å². The second-order valence-corrected chi connectivity index (χ2v) is 6.47. The molecule has 0 aliphatic rings. The number of amides is 1. The molecule has 0 saturated carbocycles. The van der Waals surface area contributed by atoms with Crippen LogP contribution in [-0.4, -0.2) is 24.7 Å². The van der Waals surface area contributed by atoms with Crippen molar-refractivity contribution in [2.45, 2.75) is 39.5 Å². The Bertz CT molecular complexity index is 740. The molecular formula is C21H27NO3. The lowest BCUT2D eigenvalue weighted by Crippen LogP contribution is -2.29. The van der Waals surface area contributed by atoms with Gasteiger partial charge in [0.05, 0.1) is 13.0 Å². The molecule has 4 heteroatoms. The first-order valence-corrected chi connectivity index (χ1v) is 8.63. The Morgan fingerprint density at radius 3 is 2.60 bits per heavy atom. The Labute approximate surface area is 149 Å². The third kappa shape index (κ3) is 4.99. The molecule has 0 aliphatic carbocycles. The van der Waals surface area contributed by atoms with Crippen molar-refractivity contribution < 1.29 is 14.6 Å². The number of phenolic OH excluding ortho intramolecular Hbond substituents is 1. The summed E-state index contributed by atoms with van der Waals surface area (Å²) in [7, 11) is 1.50. The molecule has 1 unspecified atom stereocenters. The van der Waals surface area contributed by atoms with Gasteiger partial charge in [0.15, 0.2) is 11.5 Å². The number of rotatable bonds is 7. The normalized spacial score (nSPS) is 11.8. The molecule has 2 aromatic rings. The summed E-state index contributed by atoms with van der Waals surface area (Å²) in [6.45, 7) is 6.73. The van der Waals surface area contributed by atoms with E-state index in [4.69, 9.17) is 4.74 Å². The molecule has 2 rings (SSSR count). The first-order valence-electron chi connectivity index (χ1n) is 8.63. The van der Waals surface area contributed by atoms with E-state index in [-0.39, 0.29) is 17.6 Å². The zero-order chi connectivity index (χ0) is 18.4. The quantitative estimate of drug-likeness (QED) is 0.752. The summed E-state index contributed by atoms with van der Waals surface area (Å²) < 4.78 is 5.10. The van der Waals surface area contributed by atoms with Gasteiger partial charge in [0.2, 0.25) is 5.91 Å². The largest absolute Gasteiger partial charge is 0.504 e. The van der Waals surface area contributed by atoms with Crippen molar-refractivity contribution in [3.63, 3.8) is 0 Å². The molecule has 0 aromatic heterocycles. The third-order valence-corrected chi connectivity index (χ3v) is 4.61. The molecule has 25 heavy (non-hydrogen) atoms. The Kier molecular flexibility index (Phi) is 6.45. The predicted molar refractivity (Wildman–Crippen MR) is 100 cm³/mol. The van der Waals surface area contributed by atoms with Crippen LogP contribution in [0.5, 0.6) is 11.5 Å². The number of hydrogen-bond acceptors (Lipinski definition) is 3. The van der Waals surface area contributed by atoms with Crippen molar-refractivity contribution in [2.24, 2.45) is 0 Å². The van der Waals surface area contributed by atoms with E-state index in [1.54, 1.807) is 18.2 Å². The van der Waals surface area contributed by atoms with Crippen LogP contribution in [0.1, 0.15) is 41.5 Å². The SMILES string of the molecule is COc1cc(C(C)C(=O)NCCCc2ccc(C)c(C)c2)ccc1O. The lowest BCUT2D eigenvalue weighted by atomic mass is 9.99. The smallest absolute Gasteiger partial charge is 0.227 e. The first kappa shape index (κ1) is 18.8. The zero-order valence-corrected chi connectivity index (χ0v) is 15.4. The van der Waals surface area contributed by atoms with Gasteiger partial charge in [-0.1, -0.05) is 24.3 Å². The third-order valence-electron chi connectivity index (χ3n) is 4.61. The Morgan fingerprint density at radius 1 is 1.16 bits per heavy atom. The number of phenols is 1. The number of aromatic hydroxyl groups is 1. The Morgan fingerprint density at radius 2 is 1.92 bits per heavy atom. The number of ether oxygens (including phenoxy) is 1. The molecule has 0 spiro atoms. The number of aryl methyl sites for hydroxylation is 3. The summed E-state index contributed by atoms with van der Waals surface area (Å²) >= 11 is 0. The average Bonchev–Trinajstić information content (AvgIpc) is 2.61. The van der Waals surface area contributed by atoms with Crippen molar-refractivity contribution in [3.8, 4) is 11.5 Å². The minimum atomic E-state index is -0.295. The number of methoxy groups -OCH3 is 1. The molecule has 0 heterocycles. The highest BCUT2D eigenvalue weighted by atomic mass is 16.5. The van der Waals surface area contributed by atoms with Crippen LogP contribution in [0.4, 0.5) is 0 Å². The number of carbonyl (C=O) groups excluding carboxylic acids is 1. The maximum Gasteiger partial charge on any atom is 0.227 e. The van der Waals surface area contributed by atoms with E-state index in [0.717, 1.165) is 18.4 Å². The van der Waals surface area contributed by atoms with Crippen LogP contribution in [0, 0.1) is 13.8 Å². The van der Waals surface area contributed by atoms with Gasteiger partial charge in [-0.05, 0) is 68.0 Å². The zero-order valence-electron chi connectivity index (χ0n) is 15.4. The van der Waals surface area contributed by atoms with Crippen LogP contribution >= 0.6 is 0 Å². The molecule has 4 nitrogen and oxygen atoms in total. The van der Waals surface area contributed by atoms with Crippen LogP contribution in [0.3, 0.4) is 0 Å². The van der Waals surface area contributed by atoms with E-state index in [1.807, 2.05) is 6.92 Å². The Balaban J connectivity index is 1.84. The summed E-state index contributed by atoms with van der Waals surface area (Å²) in [6.07, 6.45) is 1.85. The number of hydrogen-bond donors (Lipinski definition) is 2.